The zero-order valence-electron chi connectivity index (χ0n) is 23.5. The fraction of sp³-hybridized carbons (Fsp3) is 0.414. The van der Waals surface area contributed by atoms with Crippen LogP contribution in [0.3, 0.4) is 0 Å². The quantitative estimate of drug-likeness (QED) is 0.216. The average molecular weight is 555 g/mol. The number of anilines is 1. The van der Waals surface area contributed by atoms with Crippen LogP contribution in [-0.2, 0) is 11.8 Å². The van der Waals surface area contributed by atoms with E-state index < -0.39 is 0 Å². The molecule has 1 aliphatic rings. The Labute approximate surface area is 231 Å². The van der Waals surface area contributed by atoms with Gasteiger partial charge in [-0.1, -0.05) is 35.0 Å². The Hall–Kier alpha value is -3.29. The minimum atomic E-state index is -0.348. The van der Waals surface area contributed by atoms with Gasteiger partial charge in [0, 0.05) is 55.6 Å². The average Bonchev–Trinajstić information content (AvgIpc) is 3.38. The van der Waals surface area contributed by atoms with Gasteiger partial charge in [0.25, 0.3) is 0 Å². The highest BCUT2D eigenvalue weighted by Gasteiger charge is 2.41. The number of nitrogens with one attached hydrogen (secondary N) is 1. The van der Waals surface area contributed by atoms with E-state index in [-0.39, 0.29) is 11.2 Å². The molecule has 3 aromatic rings. The van der Waals surface area contributed by atoms with Crippen molar-refractivity contribution in [2.24, 2.45) is 4.99 Å². The Morgan fingerprint density at radius 3 is 2.44 bits per heavy atom. The fourth-order valence-corrected chi connectivity index (χ4v) is 5.13. The first-order chi connectivity index (χ1) is 18.7. The van der Waals surface area contributed by atoms with E-state index in [2.05, 4.69) is 34.2 Å². The number of rotatable bonds is 7. The van der Waals surface area contributed by atoms with Crippen molar-refractivity contribution >= 4 is 25.9 Å². The van der Waals surface area contributed by atoms with Crippen molar-refractivity contribution < 1.29 is 13.3 Å². The second-order valence-electron chi connectivity index (χ2n) is 9.84. The third-order valence-corrected chi connectivity index (χ3v) is 7.32. The van der Waals surface area contributed by atoms with E-state index in [0.717, 1.165) is 41.2 Å². The highest BCUT2D eigenvalue weighted by atomic mass is 31.0. The summed E-state index contributed by atoms with van der Waals surface area (Å²) in [5.74, 6) is 2.53. The lowest BCUT2D eigenvalue weighted by Crippen LogP contribution is -2.46. The third-order valence-electron chi connectivity index (χ3n) is 6.73. The van der Waals surface area contributed by atoms with Crippen LogP contribution >= 0.6 is 8.86 Å². The Kier molecular flexibility index (Phi) is 10.6. The number of likely N-dealkylation sites (tertiary alicyclic amines) is 1. The highest BCUT2D eigenvalue weighted by molar-refractivity contribution is 7.21. The first kappa shape index (κ1) is 30.3. The summed E-state index contributed by atoms with van der Waals surface area (Å²) in [6.07, 6.45) is 4.18. The number of piperidine rings is 1. The Balaban J connectivity index is 0.00000205. The van der Waals surface area contributed by atoms with Gasteiger partial charge in [-0.25, -0.2) is 9.37 Å². The van der Waals surface area contributed by atoms with Crippen molar-refractivity contribution in [1.82, 2.24) is 20.0 Å². The van der Waals surface area contributed by atoms with Gasteiger partial charge in [-0.3, -0.25) is 14.3 Å². The lowest BCUT2D eigenvalue weighted by atomic mass is 9.74. The molecule has 39 heavy (non-hydrogen) atoms. The van der Waals surface area contributed by atoms with Gasteiger partial charge >= 0.3 is 0 Å². The predicted molar refractivity (Wildman–Crippen MR) is 156 cm³/mol. The van der Waals surface area contributed by atoms with Crippen molar-refractivity contribution in [3.63, 3.8) is 0 Å². The molecule has 7 nitrogen and oxygen atoms in total. The molecule has 0 aliphatic carbocycles. The predicted octanol–water partition coefficient (Wildman–Crippen LogP) is 6.11. The lowest BCUT2D eigenvalue weighted by Gasteiger charge is -2.40. The Morgan fingerprint density at radius 2 is 1.82 bits per heavy atom. The summed E-state index contributed by atoms with van der Waals surface area (Å²) >= 11 is 0. The first-order valence-corrected chi connectivity index (χ1v) is 13.3. The first-order valence-electron chi connectivity index (χ1n) is 12.8. The van der Waals surface area contributed by atoms with Gasteiger partial charge in [-0.05, 0) is 57.4 Å². The molecule has 1 aromatic carbocycles. The van der Waals surface area contributed by atoms with Gasteiger partial charge in [-0.15, -0.1) is 8.86 Å². The molecule has 0 amide bonds. The van der Waals surface area contributed by atoms with Crippen LogP contribution in [-0.4, -0.2) is 58.6 Å². The zero-order valence-corrected chi connectivity index (χ0v) is 24.5. The van der Waals surface area contributed by atoms with Gasteiger partial charge in [-0.2, -0.15) is 4.98 Å². The number of pyridine rings is 1. The van der Waals surface area contributed by atoms with Crippen LogP contribution < -0.4 is 5.32 Å². The van der Waals surface area contributed by atoms with Crippen LogP contribution in [0.15, 0.2) is 57.6 Å². The van der Waals surface area contributed by atoms with Gasteiger partial charge < -0.3 is 9.84 Å². The monoisotopic (exact) mass is 554 g/mol. The third kappa shape index (κ3) is 7.43. The number of benzene rings is 1. The maximum atomic E-state index is 14.8. The van der Waals surface area contributed by atoms with E-state index >= 15 is 0 Å². The topological polar surface area (TPSA) is 79.4 Å². The molecular formula is C29H37F2N6OP. The molecule has 208 valence electrons. The number of aromatic nitrogens is 3. The van der Waals surface area contributed by atoms with E-state index in [9.17, 15) is 8.78 Å². The van der Waals surface area contributed by atoms with Crippen molar-refractivity contribution in [3.05, 3.63) is 82.4 Å². The number of alkyl halides is 1. The van der Waals surface area contributed by atoms with Crippen LogP contribution in [0.2, 0.25) is 0 Å². The summed E-state index contributed by atoms with van der Waals surface area (Å²) in [4.78, 5) is 16.0. The van der Waals surface area contributed by atoms with Crippen LogP contribution in [0.1, 0.15) is 55.2 Å². The molecule has 0 unspecified atom stereocenters. The highest BCUT2D eigenvalue weighted by Crippen LogP contribution is 2.38. The van der Waals surface area contributed by atoms with Crippen molar-refractivity contribution in [3.8, 4) is 0 Å². The maximum Gasteiger partial charge on any atom is 0.223 e. The summed E-state index contributed by atoms with van der Waals surface area (Å²) in [6.45, 7) is 9.08. The standard InChI is InChI=1S/C28H34FN6OP.CH3F/c1-18(2)16-24(30-5)33-23-11-7-9-21(32-23)17-28(27-31-20(4)36-34-27)12-14-35(15-13-28)26(37)22-10-6-8-19(3)25(22)29;1-2/h6-11,16,37H,12-15,17H2,1-5H3,(H,30,32,33);1H3. The Bertz CT molecular complexity index is 1340. The van der Waals surface area contributed by atoms with Crippen molar-refractivity contribution in [2.45, 2.75) is 52.4 Å². The van der Waals surface area contributed by atoms with Crippen LogP contribution in [0.5, 0.6) is 0 Å². The van der Waals surface area contributed by atoms with Gasteiger partial charge in [0.05, 0.1) is 7.18 Å². The summed E-state index contributed by atoms with van der Waals surface area (Å²) < 4.78 is 29.7. The van der Waals surface area contributed by atoms with Crippen molar-refractivity contribution in [1.29, 1.82) is 0 Å². The molecule has 1 aliphatic heterocycles. The number of aryl methyl sites for hydroxylation is 2. The summed E-state index contributed by atoms with van der Waals surface area (Å²) in [7, 11) is 5.99. The molecule has 0 saturated carbocycles. The number of aliphatic imine (C=N–C) groups is 1. The molecule has 0 radical (unpaired) electrons. The van der Waals surface area contributed by atoms with Crippen LogP contribution in [0, 0.1) is 19.7 Å². The second-order valence-corrected chi connectivity index (χ2v) is 10.3. The van der Waals surface area contributed by atoms with Crippen LogP contribution in [0.25, 0.3) is 0 Å². The number of amidine groups is 1. The summed E-state index contributed by atoms with van der Waals surface area (Å²) in [6, 6.07) is 11.4. The fourth-order valence-electron chi connectivity index (χ4n) is 4.71. The Morgan fingerprint density at radius 1 is 1.13 bits per heavy atom. The molecule has 4 rings (SSSR count). The normalized spacial score (nSPS) is 15.2. The van der Waals surface area contributed by atoms with E-state index in [1.54, 1.807) is 26.1 Å². The molecular weight excluding hydrogens is 517 g/mol. The molecule has 2 aromatic heterocycles. The van der Waals surface area contributed by atoms with Crippen LogP contribution in [0.4, 0.5) is 14.6 Å². The summed E-state index contributed by atoms with van der Waals surface area (Å²) in [5, 5.41) is 7.63. The second kappa shape index (κ2) is 13.7. The number of hydrogen-bond acceptors (Lipinski definition) is 5. The van der Waals surface area contributed by atoms with Crippen molar-refractivity contribution in [2.75, 3.05) is 32.6 Å². The molecule has 3 heterocycles. The minimum absolute atomic E-state index is 0.199. The van der Waals surface area contributed by atoms with E-state index in [4.69, 9.17) is 9.51 Å². The molecule has 1 fully saturated rings. The molecule has 0 spiro atoms. The molecule has 1 N–H and O–H groups in total. The lowest BCUT2D eigenvalue weighted by molar-refractivity contribution is 0.209. The SMILES string of the molecule is CF.CN=C(C=C(C)C)Nc1cccc(CC2(c3noc(C)n3)CCN(C(=P)c3cccc(C)c3F)CC2)n1. The van der Waals surface area contributed by atoms with E-state index in [1.165, 1.54) is 0 Å². The van der Waals surface area contributed by atoms with Gasteiger partial charge in [0.2, 0.25) is 5.89 Å². The smallest absolute Gasteiger partial charge is 0.223 e. The minimum Gasteiger partial charge on any atom is -0.340 e. The maximum absolute atomic E-state index is 14.8. The number of hydrogen-bond donors (Lipinski definition) is 1. The number of nitrogens with zero attached hydrogens (tertiary/aromatic N) is 5. The largest absolute Gasteiger partial charge is 0.340 e. The van der Waals surface area contributed by atoms with Gasteiger partial charge in [0.1, 0.15) is 17.5 Å². The van der Waals surface area contributed by atoms with Gasteiger partial charge in [0.15, 0.2) is 5.82 Å². The molecule has 0 atom stereocenters. The number of halogens is 2. The van der Waals surface area contributed by atoms with E-state index in [1.807, 2.05) is 51.1 Å². The zero-order chi connectivity index (χ0) is 28.6. The van der Waals surface area contributed by atoms with E-state index in [0.29, 0.717) is 49.5 Å². The molecule has 1 saturated heterocycles. The summed E-state index contributed by atoms with van der Waals surface area (Å²) in [5.41, 5.74) is 3.69. The molecule has 0 bridgehead atoms. The number of allylic oxidation sites excluding steroid dienone is 1. The molecule has 10 heteroatoms.